The Balaban J connectivity index is 2.46. The summed E-state index contributed by atoms with van der Waals surface area (Å²) in [6.07, 6.45) is -4.24. The summed E-state index contributed by atoms with van der Waals surface area (Å²) < 4.78 is 66.2. The third kappa shape index (κ3) is 8.90. The molecule has 3 N–H and O–H groups in total. The van der Waals surface area contributed by atoms with Gasteiger partial charge in [0.25, 0.3) is 0 Å². The van der Waals surface area contributed by atoms with Gasteiger partial charge in [-0.25, -0.2) is 13.1 Å². The van der Waals surface area contributed by atoms with E-state index < -0.39 is 16.4 Å². The molecule has 0 unspecified atom stereocenters. The minimum atomic E-state index is -4.76. The highest BCUT2D eigenvalue weighted by molar-refractivity contribution is 7.89. The molecule has 7 nitrogen and oxygen atoms in total. The molecule has 0 bridgehead atoms. The maximum atomic E-state index is 12.4. The number of nitrogens with zero attached hydrogens (tertiary/aromatic N) is 1. The van der Waals surface area contributed by atoms with Crippen molar-refractivity contribution in [2.75, 3.05) is 25.9 Å². The van der Waals surface area contributed by atoms with E-state index >= 15 is 0 Å². The topological polar surface area (TPSA) is 91.8 Å². The average molecular weight is 396 g/mol. The SMILES string of the molecule is CCS(=O)(=O)NCCCNC(=NC)NCc1ccccc1OC(F)(F)F. The Labute approximate surface area is 151 Å². The monoisotopic (exact) mass is 396 g/mol. The lowest BCUT2D eigenvalue weighted by atomic mass is 10.2. The number of hydrogen-bond donors (Lipinski definition) is 3. The van der Waals surface area contributed by atoms with Crippen LogP contribution < -0.4 is 20.1 Å². The summed E-state index contributed by atoms with van der Waals surface area (Å²) in [4.78, 5) is 3.96. The van der Waals surface area contributed by atoms with Crippen molar-refractivity contribution in [1.82, 2.24) is 15.4 Å². The zero-order valence-corrected chi connectivity index (χ0v) is 15.4. The molecular weight excluding hydrogens is 373 g/mol. The third-order valence-corrected chi connectivity index (χ3v) is 4.62. The molecule has 0 fully saturated rings. The van der Waals surface area contributed by atoms with Gasteiger partial charge in [-0.2, -0.15) is 0 Å². The number of hydrogen-bond acceptors (Lipinski definition) is 4. The van der Waals surface area contributed by atoms with E-state index in [2.05, 4.69) is 25.1 Å². The Hall–Kier alpha value is -2.01. The molecule has 11 heteroatoms. The number of aliphatic imine (C=N–C) groups is 1. The predicted molar refractivity (Wildman–Crippen MR) is 93.4 cm³/mol. The lowest BCUT2D eigenvalue weighted by Crippen LogP contribution is -2.38. The number of ether oxygens (including phenoxy) is 1. The minimum Gasteiger partial charge on any atom is -0.405 e. The lowest BCUT2D eigenvalue weighted by Gasteiger charge is -2.15. The van der Waals surface area contributed by atoms with Crippen molar-refractivity contribution in [3.63, 3.8) is 0 Å². The van der Waals surface area contributed by atoms with Crippen LogP contribution in [0.5, 0.6) is 5.75 Å². The number of benzene rings is 1. The molecule has 0 aliphatic heterocycles. The van der Waals surface area contributed by atoms with Gasteiger partial charge in [0.15, 0.2) is 5.96 Å². The molecule has 0 atom stereocenters. The van der Waals surface area contributed by atoms with E-state index in [1.54, 1.807) is 13.0 Å². The summed E-state index contributed by atoms with van der Waals surface area (Å²) >= 11 is 0. The second-order valence-electron chi connectivity index (χ2n) is 5.16. The molecule has 0 saturated heterocycles. The van der Waals surface area contributed by atoms with Crippen LogP contribution >= 0.6 is 0 Å². The number of alkyl halides is 3. The van der Waals surface area contributed by atoms with Crippen molar-refractivity contribution >= 4 is 16.0 Å². The average Bonchev–Trinajstić information content (AvgIpc) is 2.57. The van der Waals surface area contributed by atoms with Crippen molar-refractivity contribution in [1.29, 1.82) is 0 Å². The van der Waals surface area contributed by atoms with Crippen LogP contribution in [-0.4, -0.2) is 46.6 Å². The molecule has 26 heavy (non-hydrogen) atoms. The van der Waals surface area contributed by atoms with Crippen molar-refractivity contribution in [2.24, 2.45) is 4.99 Å². The van der Waals surface area contributed by atoms with Gasteiger partial charge in [0, 0.05) is 32.2 Å². The molecule has 1 aromatic carbocycles. The summed E-state index contributed by atoms with van der Waals surface area (Å²) in [6, 6.07) is 5.81. The molecule has 0 aliphatic rings. The second-order valence-corrected chi connectivity index (χ2v) is 7.25. The molecular formula is C15H23F3N4O3S. The largest absolute Gasteiger partial charge is 0.573 e. The number of rotatable bonds is 9. The van der Waals surface area contributed by atoms with Gasteiger partial charge in [0.05, 0.1) is 5.75 Å². The van der Waals surface area contributed by atoms with Gasteiger partial charge in [0.2, 0.25) is 10.0 Å². The highest BCUT2D eigenvalue weighted by Gasteiger charge is 2.31. The van der Waals surface area contributed by atoms with E-state index in [0.29, 0.717) is 24.5 Å². The predicted octanol–water partition coefficient (Wildman–Crippen LogP) is 1.58. The van der Waals surface area contributed by atoms with Crippen LogP contribution in [0.1, 0.15) is 18.9 Å². The molecule has 0 heterocycles. The number of sulfonamides is 1. The summed E-state index contributed by atoms with van der Waals surface area (Å²) in [7, 11) is -1.70. The maximum absolute atomic E-state index is 12.4. The van der Waals surface area contributed by atoms with Crippen LogP contribution in [0.25, 0.3) is 0 Å². The summed E-state index contributed by atoms with van der Waals surface area (Å²) in [5, 5.41) is 5.84. The maximum Gasteiger partial charge on any atom is 0.573 e. The standard InChI is InChI=1S/C15H23F3N4O3S/c1-3-26(23,24)22-10-6-9-20-14(19-2)21-11-12-7-4-5-8-13(12)25-15(16,17)18/h4-5,7-8,22H,3,6,9-11H2,1-2H3,(H2,19,20,21). The number of para-hydroxylation sites is 1. The van der Waals surface area contributed by atoms with E-state index in [-0.39, 0.29) is 24.6 Å². The lowest BCUT2D eigenvalue weighted by molar-refractivity contribution is -0.274. The number of halogens is 3. The van der Waals surface area contributed by atoms with Gasteiger partial charge in [-0.1, -0.05) is 18.2 Å². The van der Waals surface area contributed by atoms with Crippen LogP contribution in [0.15, 0.2) is 29.3 Å². The van der Waals surface area contributed by atoms with Gasteiger partial charge in [-0.3, -0.25) is 4.99 Å². The van der Waals surface area contributed by atoms with Gasteiger partial charge in [-0.15, -0.1) is 13.2 Å². The first-order valence-corrected chi connectivity index (χ1v) is 9.57. The second kappa shape index (κ2) is 10.2. The fraction of sp³-hybridized carbons (Fsp3) is 0.533. The first-order valence-electron chi connectivity index (χ1n) is 7.92. The Morgan fingerprint density at radius 1 is 1.19 bits per heavy atom. The molecule has 0 amide bonds. The van der Waals surface area contributed by atoms with Gasteiger partial charge >= 0.3 is 6.36 Å². The van der Waals surface area contributed by atoms with Crippen molar-refractivity contribution in [3.8, 4) is 5.75 Å². The third-order valence-electron chi connectivity index (χ3n) is 3.22. The molecule has 0 radical (unpaired) electrons. The summed E-state index contributed by atoms with van der Waals surface area (Å²) in [6.45, 7) is 2.34. The van der Waals surface area contributed by atoms with Crippen molar-refractivity contribution in [3.05, 3.63) is 29.8 Å². The quantitative estimate of drug-likeness (QED) is 0.335. The zero-order chi connectivity index (χ0) is 19.6. The smallest absolute Gasteiger partial charge is 0.405 e. The van der Waals surface area contributed by atoms with E-state index in [4.69, 9.17) is 0 Å². The fourth-order valence-electron chi connectivity index (χ4n) is 1.90. The minimum absolute atomic E-state index is 0.0169. The van der Waals surface area contributed by atoms with Gasteiger partial charge < -0.3 is 15.4 Å². The van der Waals surface area contributed by atoms with Crippen LogP contribution in [-0.2, 0) is 16.6 Å². The van der Waals surface area contributed by atoms with Crippen LogP contribution in [0.4, 0.5) is 13.2 Å². The summed E-state index contributed by atoms with van der Waals surface area (Å²) in [5.74, 6) is 0.116. The normalized spacial score (nSPS) is 12.7. The Kier molecular flexibility index (Phi) is 8.66. The molecule has 0 aromatic heterocycles. The Morgan fingerprint density at radius 2 is 1.88 bits per heavy atom. The first kappa shape index (κ1) is 22.0. The van der Waals surface area contributed by atoms with Crippen molar-refractivity contribution in [2.45, 2.75) is 26.3 Å². The van der Waals surface area contributed by atoms with E-state index in [1.807, 2.05) is 0 Å². The van der Waals surface area contributed by atoms with E-state index in [0.717, 1.165) is 0 Å². The van der Waals surface area contributed by atoms with Crippen molar-refractivity contribution < 1.29 is 26.3 Å². The highest BCUT2D eigenvalue weighted by Crippen LogP contribution is 2.25. The molecule has 1 aromatic rings. The Morgan fingerprint density at radius 3 is 2.50 bits per heavy atom. The van der Waals surface area contributed by atoms with Gasteiger partial charge in [-0.05, 0) is 19.4 Å². The van der Waals surface area contributed by atoms with E-state index in [9.17, 15) is 21.6 Å². The number of nitrogens with one attached hydrogen (secondary N) is 3. The first-order chi connectivity index (χ1) is 12.2. The number of guanidine groups is 1. The van der Waals surface area contributed by atoms with Crippen LogP contribution in [0.2, 0.25) is 0 Å². The molecule has 148 valence electrons. The molecule has 1 rings (SSSR count). The van der Waals surface area contributed by atoms with E-state index in [1.165, 1.54) is 25.2 Å². The molecule has 0 aliphatic carbocycles. The molecule has 0 saturated carbocycles. The highest BCUT2D eigenvalue weighted by atomic mass is 32.2. The summed E-state index contributed by atoms with van der Waals surface area (Å²) in [5.41, 5.74) is 0.323. The zero-order valence-electron chi connectivity index (χ0n) is 14.6. The van der Waals surface area contributed by atoms with Gasteiger partial charge in [0.1, 0.15) is 5.75 Å². The van der Waals surface area contributed by atoms with Crippen LogP contribution in [0.3, 0.4) is 0 Å². The molecule has 0 spiro atoms. The Bertz CT molecular complexity index is 694. The van der Waals surface area contributed by atoms with Crippen LogP contribution in [0, 0.1) is 0 Å². The fourth-order valence-corrected chi connectivity index (χ4v) is 2.56.